The van der Waals surface area contributed by atoms with Crippen LogP contribution in [0.3, 0.4) is 0 Å². The van der Waals surface area contributed by atoms with E-state index in [1.165, 1.54) is 24.3 Å². The summed E-state index contributed by atoms with van der Waals surface area (Å²) in [7, 11) is 0. The molecule has 0 aromatic heterocycles. The van der Waals surface area contributed by atoms with E-state index < -0.39 is 23.4 Å². The van der Waals surface area contributed by atoms with Gasteiger partial charge in [0.1, 0.15) is 5.75 Å². The maximum Gasteiger partial charge on any atom is 0.306 e. The highest BCUT2D eigenvalue weighted by Crippen LogP contribution is 2.20. The Bertz CT molecular complexity index is 821. The van der Waals surface area contributed by atoms with Gasteiger partial charge in [0.2, 0.25) is 0 Å². The van der Waals surface area contributed by atoms with Gasteiger partial charge < -0.3 is 14.8 Å². The van der Waals surface area contributed by atoms with Crippen molar-refractivity contribution in [2.24, 2.45) is 0 Å². The van der Waals surface area contributed by atoms with Gasteiger partial charge in [0.25, 0.3) is 11.6 Å². The van der Waals surface area contributed by atoms with Crippen LogP contribution in [0.1, 0.15) is 18.9 Å². The van der Waals surface area contributed by atoms with Gasteiger partial charge in [0.15, 0.2) is 6.61 Å². The number of carbonyl (C=O) groups excluding carboxylic acids is 2. The summed E-state index contributed by atoms with van der Waals surface area (Å²) in [5.41, 5.74) is 1.01. The van der Waals surface area contributed by atoms with Crippen molar-refractivity contribution in [3.8, 4) is 5.75 Å². The lowest BCUT2D eigenvalue weighted by molar-refractivity contribution is -0.384. The number of amides is 1. The Morgan fingerprint density at radius 3 is 2.67 bits per heavy atom. The van der Waals surface area contributed by atoms with Crippen molar-refractivity contribution in [3.05, 3.63) is 64.2 Å². The summed E-state index contributed by atoms with van der Waals surface area (Å²) < 4.78 is 10.4. The number of nitrogens with one attached hydrogen (secondary N) is 1. The highest BCUT2D eigenvalue weighted by atomic mass is 16.6. The fourth-order valence-electron chi connectivity index (χ4n) is 2.36. The average molecular weight is 372 g/mol. The van der Waals surface area contributed by atoms with E-state index in [1.54, 1.807) is 0 Å². The number of carbonyl (C=O) groups is 2. The molecule has 1 N–H and O–H groups in total. The molecule has 2 rings (SSSR count). The molecule has 2 aromatic carbocycles. The van der Waals surface area contributed by atoms with Gasteiger partial charge in [-0.1, -0.05) is 24.3 Å². The van der Waals surface area contributed by atoms with Crippen LogP contribution in [-0.2, 0) is 20.7 Å². The van der Waals surface area contributed by atoms with Gasteiger partial charge in [-0.2, -0.15) is 0 Å². The fraction of sp³-hybridized carbons (Fsp3) is 0.263. The number of esters is 1. The Hall–Kier alpha value is -3.42. The quantitative estimate of drug-likeness (QED) is 0.412. The third-order valence-corrected chi connectivity index (χ3v) is 3.58. The van der Waals surface area contributed by atoms with Crippen LogP contribution >= 0.6 is 0 Å². The second kappa shape index (κ2) is 9.91. The number of para-hydroxylation sites is 1. The molecule has 0 aliphatic rings. The lowest BCUT2D eigenvalue weighted by Gasteiger charge is -2.10. The molecular formula is C19H20N2O6. The van der Waals surface area contributed by atoms with Crippen LogP contribution < -0.4 is 10.1 Å². The number of nitro benzene ring substituents is 1. The minimum atomic E-state index is -0.571. The molecule has 27 heavy (non-hydrogen) atoms. The first-order chi connectivity index (χ1) is 13.0. The standard InChI is InChI=1S/C19H20N2O6/c1-2-26-17-9-4-3-6-14(17)10-11-19(23)27-13-18(22)20-15-7-5-8-16(12-15)21(24)25/h3-9,12H,2,10-11,13H2,1H3,(H,20,22). The number of hydrogen-bond acceptors (Lipinski definition) is 6. The van der Waals surface area contributed by atoms with Crippen molar-refractivity contribution in [3.63, 3.8) is 0 Å². The third-order valence-electron chi connectivity index (χ3n) is 3.58. The number of hydrogen-bond donors (Lipinski definition) is 1. The molecule has 8 nitrogen and oxygen atoms in total. The summed E-state index contributed by atoms with van der Waals surface area (Å²) in [5, 5.41) is 13.2. The molecule has 0 spiro atoms. The van der Waals surface area contributed by atoms with Crippen molar-refractivity contribution >= 4 is 23.3 Å². The molecule has 1 amide bonds. The zero-order valence-electron chi connectivity index (χ0n) is 14.8. The minimum Gasteiger partial charge on any atom is -0.494 e. The van der Waals surface area contributed by atoms with Crippen molar-refractivity contribution in [2.45, 2.75) is 19.8 Å². The molecule has 142 valence electrons. The molecule has 0 radical (unpaired) electrons. The van der Waals surface area contributed by atoms with E-state index in [0.29, 0.717) is 13.0 Å². The van der Waals surface area contributed by atoms with E-state index in [4.69, 9.17) is 9.47 Å². The summed E-state index contributed by atoms with van der Waals surface area (Å²) in [4.78, 5) is 33.8. The van der Waals surface area contributed by atoms with Gasteiger partial charge in [-0.25, -0.2) is 0 Å². The van der Waals surface area contributed by atoms with E-state index in [9.17, 15) is 19.7 Å². The second-order valence-corrected chi connectivity index (χ2v) is 5.56. The topological polar surface area (TPSA) is 108 Å². The number of non-ortho nitro benzene ring substituents is 1. The van der Waals surface area contributed by atoms with Gasteiger partial charge in [-0.15, -0.1) is 0 Å². The summed E-state index contributed by atoms with van der Waals surface area (Å²) in [6.45, 7) is 1.94. The van der Waals surface area contributed by atoms with E-state index in [1.807, 2.05) is 31.2 Å². The molecule has 8 heteroatoms. The maximum atomic E-state index is 11.9. The first kappa shape index (κ1) is 19.9. The molecule has 0 bridgehead atoms. The van der Waals surface area contributed by atoms with Gasteiger partial charge in [-0.3, -0.25) is 19.7 Å². The van der Waals surface area contributed by atoms with Crippen LogP contribution in [0.2, 0.25) is 0 Å². The molecular weight excluding hydrogens is 352 g/mol. The average Bonchev–Trinajstić information content (AvgIpc) is 2.66. The molecule has 0 saturated heterocycles. The highest BCUT2D eigenvalue weighted by Gasteiger charge is 2.12. The monoisotopic (exact) mass is 372 g/mol. The molecule has 0 aliphatic heterocycles. The summed E-state index contributed by atoms with van der Waals surface area (Å²) >= 11 is 0. The predicted octanol–water partition coefficient (Wildman–Crippen LogP) is 3.11. The Labute approximate surface area is 156 Å². The molecule has 0 aliphatic carbocycles. The van der Waals surface area contributed by atoms with Gasteiger partial charge in [0.05, 0.1) is 11.5 Å². The maximum absolute atomic E-state index is 11.9. The van der Waals surface area contributed by atoms with Crippen LogP contribution in [-0.4, -0.2) is 30.0 Å². The van der Waals surface area contributed by atoms with Crippen LogP contribution in [0.25, 0.3) is 0 Å². The van der Waals surface area contributed by atoms with Crippen molar-refractivity contribution < 1.29 is 24.0 Å². The third kappa shape index (κ3) is 6.43. The Morgan fingerprint density at radius 2 is 1.93 bits per heavy atom. The minimum absolute atomic E-state index is 0.105. The number of ether oxygens (including phenoxy) is 2. The highest BCUT2D eigenvalue weighted by molar-refractivity contribution is 5.93. The predicted molar refractivity (Wildman–Crippen MR) is 98.6 cm³/mol. The Balaban J connectivity index is 1.79. The molecule has 0 heterocycles. The van der Waals surface area contributed by atoms with Gasteiger partial charge in [0, 0.05) is 24.2 Å². The first-order valence-electron chi connectivity index (χ1n) is 8.40. The number of nitro groups is 1. The summed E-state index contributed by atoms with van der Waals surface area (Å²) in [5.74, 6) is -0.370. The van der Waals surface area contributed by atoms with E-state index >= 15 is 0 Å². The lowest BCUT2D eigenvalue weighted by Crippen LogP contribution is -2.21. The summed E-state index contributed by atoms with van der Waals surface area (Å²) in [6.07, 6.45) is 0.537. The second-order valence-electron chi connectivity index (χ2n) is 5.56. The zero-order valence-corrected chi connectivity index (χ0v) is 14.8. The number of nitrogens with zero attached hydrogens (tertiary/aromatic N) is 1. The normalized spacial score (nSPS) is 10.1. The van der Waals surface area contributed by atoms with Crippen molar-refractivity contribution in [1.82, 2.24) is 0 Å². The molecule has 0 atom stereocenters. The van der Waals surface area contributed by atoms with Crippen molar-refractivity contribution in [2.75, 3.05) is 18.5 Å². The molecule has 2 aromatic rings. The SMILES string of the molecule is CCOc1ccccc1CCC(=O)OCC(=O)Nc1cccc([N+](=O)[O-])c1. The van der Waals surface area contributed by atoms with Crippen molar-refractivity contribution in [1.29, 1.82) is 0 Å². The number of rotatable bonds is 9. The number of benzene rings is 2. The largest absolute Gasteiger partial charge is 0.494 e. The molecule has 0 saturated carbocycles. The van der Waals surface area contributed by atoms with Crippen LogP contribution in [0.5, 0.6) is 5.75 Å². The zero-order chi connectivity index (χ0) is 19.6. The number of anilines is 1. The van der Waals surface area contributed by atoms with Gasteiger partial charge in [-0.05, 0) is 31.0 Å². The lowest BCUT2D eigenvalue weighted by atomic mass is 10.1. The fourth-order valence-corrected chi connectivity index (χ4v) is 2.36. The molecule has 0 unspecified atom stereocenters. The summed E-state index contributed by atoms with van der Waals surface area (Å²) in [6, 6.07) is 12.9. The van der Waals surface area contributed by atoms with E-state index in [0.717, 1.165) is 11.3 Å². The van der Waals surface area contributed by atoms with Crippen LogP contribution in [0.15, 0.2) is 48.5 Å². The Kier molecular flexibility index (Phi) is 7.30. The first-order valence-corrected chi connectivity index (χ1v) is 8.40. The Morgan fingerprint density at radius 1 is 1.15 bits per heavy atom. The van der Waals surface area contributed by atoms with Gasteiger partial charge >= 0.3 is 5.97 Å². The van der Waals surface area contributed by atoms with E-state index in [2.05, 4.69) is 5.32 Å². The smallest absolute Gasteiger partial charge is 0.306 e. The number of aryl methyl sites for hydroxylation is 1. The molecule has 0 fully saturated rings. The van der Waals surface area contributed by atoms with Crippen LogP contribution in [0.4, 0.5) is 11.4 Å². The van der Waals surface area contributed by atoms with Crippen LogP contribution in [0, 0.1) is 10.1 Å². The van der Waals surface area contributed by atoms with E-state index in [-0.39, 0.29) is 17.8 Å².